The first-order valence-corrected chi connectivity index (χ1v) is 15.4. The fraction of sp³-hybridized carbons (Fsp3) is 0. The Labute approximate surface area is 261 Å². The second kappa shape index (κ2) is 10.3. The zero-order chi connectivity index (χ0) is 29.7. The third kappa shape index (κ3) is 4.15. The van der Waals surface area contributed by atoms with Gasteiger partial charge in [0.15, 0.2) is 0 Å². The van der Waals surface area contributed by atoms with Gasteiger partial charge in [0.05, 0.1) is 11.0 Å². The molecule has 0 amide bonds. The summed E-state index contributed by atoms with van der Waals surface area (Å²) in [6.45, 7) is 0. The molecule has 0 N–H and O–H groups in total. The maximum Gasteiger partial charge on any atom is 0.145 e. The van der Waals surface area contributed by atoms with Crippen LogP contribution in [0.1, 0.15) is 0 Å². The molecule has 8 aromatic carbocycles. The third-order valence-corrected chi connectivity index (χ3v) is 8.96. The number of hydrogen-bond donors (Lipinski definition) is 0. The second-order valence-corrected chi connectivity index (χ2v) is 11.6. The second-order valence-electron chi connectivity index (χ2n) is 11.6. The highest BCUT2D eigenvalue weighted by Gasteiger charge is 2.18. The predicted molar refractivity (Wildman–Crippen MR) is 190 cm³/mol. The molecule has 0 fully saturated rings. The Balaban J connectivity index is 1.31. The zero-order valence-electron chi connectivity index (χ0n) is 24.6. The molecule has 0 unspecified atom stereocenters. The summed E-state index contributed by atoms with van der Waals surface area (Å²) in [6, 6.07) is 61.0. The molecule has 0 bridgehead atoms. The molecule has 2 nitrogen and oxygen atoms in total. The Morgan fingerprint density at radius 1 is 0.378 bits per heavy atom. The van der Waals surface area contributed by atoms with Crippen molar-refractivity contribution in [1.29, 1.82) is 0 Å². The monoisotopic (exact) mass is 572 g/mol. The van der Waals surface area contributed by atoms with E-state index in [0.717, 1.165) is 28.1 Å². The van der Waals surface area contributed by atoms with Crippen molar-refractivity contribution in [2.75, 3.05) is 0 Å². The number of hydrogen-bond acceptors (Lipinski definition) is 1. The molecular weight excluding hydrogens is 544 g/mol. The molecule has 0 saturated heterocycles. The van der Waals surface area contributed by atoms with Crippen LogP contribution in [-0.2, 0) is 0 Å². The maximum atomic E-state index is 5.05. The van der Waals surface area contributed by atoms with E-state index in [1.54, 1.807) is 0 Å². The fourth-order valence-electron chi connectivity index (χ4n) is 6.94. The average Bonchev–Trinajstić information content (AvgIpc) is 3.50. The topological polar surface area (TPSA) is 17.8 Å². The summed E-state index contributed by atoms with van der Waals surface area (Å²) in [5.41, 5.74) is 9.24. The molecule has 2 heteroatoms. The number of benzene rings is 8. The lowest BCUT2D eigenvalue weighted by Gasteiger charge is -2.18. The Hall–Kier alpha value is -5.99. The number of fused-ring (bicyclic) bond motifs is 4. The van der Waals surface area contributed by atoms with E-state index in [1.807, 2.05) is 6.07 Å². The Morgan fingerprint density at radius 2 is 0.867 bits per heavy atom. The van der Waals surface area contributed by atoms with Gasteiger partial charge in [-0.15, -0.1) is 0 Å². The number of nitrogens with zero attached hydrogens (tertiary/aromatic N) is 2. The van der Waals surface area contributed by atoms with Gasteiger partial charge in [0.25, 0.3) is 0 Å². The SMILES string of the molecule is c1ccc(-c2c3ccccc3cc3c(-c4ccc(-n5c(-c6ccccc6)nc6ccccc65)cc4)c4ccccc4cc23)cc1. The first-order valence-electron chi connectivity index (χ1n) is 15.4. The largest absolute Gasteiger partial charge is 0.292 e. The van der Waals surface area contributed by atoms with Gasteiger partial charge in [0.1, 0.15) is 5.82 Å². The highest BCUT2D eigenvalue weighted by atomic mass is 15.1. The minimum atomic E-state index is 0.944. The maximum absolute atomic E-state index is 5.05. The zero-order valence-corrected chi connectivity index (χ0v) is 24.6. The Bertz CT molecular complexity index is 2510. The molecule has 0 saturated carbocycles. The summed E-state index contributed by atoms with van der Waals surface area (Å²) < 4.78 is 2.27. The molecule has 0 aliphatic rings. The normalized spacial score (nSPS) is 11.6. The molecule has 1 aromatic heterocycles. The van der Waals surface area contributed by atoms with Gasteiger partial charge in [0.2, 0.25) is 0 Å². The van der Waals surface area contributed by atoms with Gasteiger partial charge >= 0.3 is 0 Å². The van der Waals surface area contributed by atoms with E-state index in [-0.39, 0.29) is 0 Å². The summed E-state index contributed by atoms with van der Waals surface area (Å²) in [5, 5.41) is 7.54. The number of rotatable bonds is 4. The van der Waals surface area contributed by atoms with E-state index in [1.165, 1.54) is 54.6 Å². The molecular formula is C43H28N2. The molecule has 0 atom stereocenters. The molecule has 1 heterocycles. The van der Waals surface area contributed by atoms with Gasteiger partial charge in [-0.25, -0.2) is 4.98 Å². The van der Waals surface area contributed by atoms with Crippen LogP contribution in [0.2, 0.25) is 0 Å². The van der Waals surface area contributed by atoms with E-state index in [9.17, 15) is 0 Å². The van der Waals surface area contributed by atoms with Gasteiger partial charge in [-0.1, -0.05) is 133 Å². The van der Waals surface area contributed by atoms with Crippen molar-refractivity contribution in [3.8, 4) is 39.3 Å². The summed E-state index contributed by atoms with van der Waals surface area (Å²) in [6.07, 6.45) is 0. The van der Waals surface area contributed by atoms with Crippen LogP contribution in [0.4, 0.5) is 0 Å². The van der Waals surface area contributed by atoms with Gasteiger partial charge in [-0.2, -0.15) is 0 Å². The van der Waals surface area contributed by atoms with Gasteiger partial charge in [0, 0.05) is 11.3 Å². The standard InChI is InChI=1S/C43H28N2/c1-3-13-29(14-4-1)41-35-19-9-7-17-32(35)28-38-37(41)27-33-18-8-10-20-36(33)42(38)30-23-25-34(26-24-30)45-40-22-12-11-21-39(40)44-43(45)31-15-5-2-6-16-31/h1-28H. The molecule has 45 heavy (non-hydrogen) atoms. The smallest absolute Gasteiger partial charge is 0.145 e. The van der Waals surface area contributed by atoms with E-state index in [4.69, 9.17) is 4.98 Å². The van der Waals surface area contributed by atoms with Crippen molar-refractivity contribution in [1.82, 2.24) is 9.55 Å². The lowest BCUT2D eigenvalue weighted by Crippen LogP contribution is -1.97. The van der Waals surface area contributed by atoms with E-state index < -0.39 is 0 Å². The van der Waals surface area contributed by atoms with Crippen LogP contribution in [0, 0.1) is 0 Å². The van der Waals surface area contributed by atoms with E-state index >= 15 is 0 Å². The summed E-state index contributed by atoms with van der Waals surface area (Å²) in [7, 11) is 0. The summed E-state index contributed by atoms with van der Waals surface area (Å²) >= 11 is 0. The average molecular weight is 573 g/mol. The van der Waals surface area contributed by atoms with Crippen molar-refractivity contribution in [2.24, 2.45) is 0 Å². The lowest BCUT2D eigenvalue weighted by molar-refractivity contribution is 1.10. The minimum absolute atomic E-state index is 0.944. The van der Waals surface area contributed by atoms with E-state index in [2.05, 4.69) is 168 Å². The Morgan fingerprint density at radius 3 is 1.49 bits per heavy atom. The van der Waals surface area contributed by atoms with Crippen LogP contribution in [-0.4, -0.2) is 9.55 Å². The van der Waals surface area contributed by atoms with Crippen LogP contribution >= 0.6 is 0 Å². The molecule has 0 aliphatic heterocycles. The van der Waals surface area contributed by atoms with Crippen molar-refractivity contribution in [2.45, 2.75) is 0 Å². The van der Waals surface area contributed by atoms with Gasteiger partial charge in [-0.05, 0) is 91.0 Å². The number of aromatic nitrogens is 2. The van der Waals surface area contributed by atoms with E-state index in [0.29, 0.717) is 0 Å². The molecule has 0 radical (unpaired) electrons. The third-order valence-electron chi connectivity index (χ3n) is 8.96. The van der Waals surface area contributed by atoms with Crippen molar-refractivity contribution in [3.63, 3.8) is 0 Å². The first kappa shape index (κ1) is 25.5. The quantitative estimate of drug-likeness (QED) is 0.192. The molecule has 9 aromatic rings. The predicted octanol–water partition coefficient (Wildman–Crippen LogP) is 11.5. The first-order chi connectivity index (χ1) is 22.3. The van der Waals surface area contributed by atoms with Crippen molar-refractivity contribution in [3.05, 3.63) is 170 Å². The summed E-state index contributed by atoms with van der Waals surface area (Å²) in [5.74, 6) is 0.944. The minimum Gasteiger partial charge on any atom is -0.292 e. The highest BCUT2D eigenvalue weighted by molar-refractivity contribution is 6.22. The highest BCUT2D eigenvalue weighted by Crippen LogP contribution is 2.44. The van der Waals surface area contributed by atoms with Crippen LogP contribution in [0.25, 0.3) is 82.7 Å². The molecule has 210 valence electrons. The van der Waals surface area contributed by atoms with Crippen molar-refractivity contribution >= 4 is 43.4 Å². The Kier molecular flexibility index (Phi) is 5.85. The van der Waals surface area contributed by atoms with Crippen LogP contribution in [0.15, 0.2) is 170 Å². The van der Waals surface area contributed by atoms with Gasteiger partial charge < -0.3 is 0 Å². The van der Waals surface area contributed by atoms with Crippen molar-refractivity contribution < 1.29 is 0 Å². The summed E-state index contributed by atoms with van der Waals surface area (Å²) in [4.78, 5) is 5.05. The van der Waals surface area contributed by atoms with Gasteiger partial charge in [-0.3, -0.25) is 4.57 Å². The number of imidazole rings is 1. The lowest BCUT2D eigenvalue weighted by atomic mass is 9.86. The molecule has 9 rings (SSSR count). The number of para-hydroxylation sites is 2. The molecule has 0 aliphatic carbocycles. The van der Waals surface area contributed by atoms with Crippen LogP contribution < -0.4 is 0 Å². The van der Waals surface area contributed by atoms with Crippen LogP contribution in [0.3, 0.4) is 0 Å². The fourth-order valence-corrected chi connectivity index (χ4v) is 6.94. The molecule has 0 spiro atoms. The van der Waals surface area contributed by atoms with Crippen LogP contribution in [0.5, 0.6) is 0 Å².